The number of hydrazine groups is 1. The minimum absolute atomic E-state index is 0.0898. The van der Waals surface area contributed by atoms with Gasteiger partial charge >= 0.3 is 0 Å². The topological polar surface area (TPSA) is 96.2 Å². The van der Waals surface area contributed by atoms with Gasteiger partial charge in [0.05, 0.1) is 0 Å². The van der Waals surface area contributed by atoms with Gasteiger partial charge in [0.25, 0.3) is 0 Å². The lowest BCUT2D eigenvalue weighted by molar-refractivity contribution is -0.127. The van der Waals surface area contributed by atoms with Crippen molar-refractivity contribution in [2.24, 2.45) is 5.84 Å². The van der Waals surface area contributed by atoms with Gasteiger partial charge < -0.3 is 15.6 Å². The minimum Gasteiger partial charge on any atom is -0.358 e. The van der Waals surface area contributed by atoms with Crippen LogP contribution < -0.4 is 16.6 Å². The first-order chi connectivity index (χ1) is 9.01. The van der Waals surface area contributed by atoms with E-state index in [0.717, 1.165) is 13.0 Å². The summed E-state index contributed by atoms with van der Waals surface area (Å²) in [7, 11) is 1.80. The first kappa shape index (κ1) is 13.5. The molecule has 1 aromatic heterocycles. The molecule has 0 saturated carbocycles. The molecule has 1 atom stereocenters. The number of aromatic nitrogens is 2. The number of carbonyl (C=O) groups excluding carboxylic acids is 1. The van der Waals surface area contributed by atoms with Crippen LogP contribution in [0.3, 0.4) is 0 Å². The zero-order valence-corrected chi connectivity index (χ0v) is 11.5. The fourth-order valence-corrected chi connectivity index (χ4v) is 2.01. The number of hydrogen-bond donors (Lipinski definition) is 3. The van der Waals surface area contributed by atoms with Gasteiger partial charge in [-0.25, -0.2) is 15.8 Å². The Morgan fingerprint density at radius 2 is 2.11 bits per heavy atom. The molecule has 1 saturated heterocycles. The van der Waals surface area contributed by atoms with Crippen molar-refractivity contribution in [3.63, 3.8) is 0 Å². The fourth-order valence-electron chi connectivity index (χ4n) is 2.01. The van der Waals surface area contributed by atoms with E-state index in [1.54, 1.807) is 18.0 Å². The van der Waals surface area contributed by atoms with Crippen LogP contribution in [0.15, 0.2) is 6.07 Å². The van der Waals surface area contributed by atoms with Crippen LogP contribution in [0.25, 0.3) is 0 Å². The Balaban J connectivity index is 2.20. The summed E-state index contributed by atoms with van der Waals surface area (Å²) in [5.74, 6) is 7.54. The zero-order valence-electron chi connectivity index (χ0n) is 11.5. The second-order valence-corrected chi connectivity index (χ2v) is 5.04. The summed E-state index contributed by atoms with van der Waals surface area (Å²) in [5.41, 5.74) is 2.52. The number of rotatable bonds is 4. The Hall–Kier alpha value is -1.89. The third-order valence-electron chi connectivity index (χ3n) is 3.16. The van der Waals surface area contributed by atoms with E-state index in [0.29, 0.717) is 17.5 Å². The van der Waals surface area contributed by atoms with Gasteiger partial charge in [-0.15, -0.1) is 0 Å². The third-order valence-corrected chi connectivity index (χ3v) is 3.16. The smallest absolute Gasteiger partial charge is 0.244 e. The molecule has 2 rings (SSSR count). The van der Waals surface area contributed by atoms with Crippen LogP contribution in [-0.4, -0.2) is 40.4 Å². The summed E-state index contributed by atoms with van der Waals surface area (Å²) in [6.07, 6.45) is 0.779. The lowest BCUT2D eigenvalue weighted by Crippen LogP contribution is -2.31. The Morgan fingerprint density at radius 1 is 1.42 bits per heavy atom. The van der Waals surface area contributed by atoms with Gasteiger partial charge in [0, 0.05) is 25.6 Å². The summed E-state index contributed by atoms with van der Waals surface area (Å²) >= 11 is 0. The number of nitrogens with zero attached hydrogens (tertiary/aromatic N) is 3. The molecule has 4 N–H and O–H groups in total. The first-order valence-corrected chi connectivity index (χ1v) is 6.38. The number of likely N-dealkylation sites (N-methyl/N-ethyl adjacent to an activating group) is 1. The van der Waals surface area contributed by atoms with Crippen LogP contribution in [-0.2, 0) is 4.79 Å². The summed E-state index contributed by atoms with van der Waals surface area (Å²) in [6.45, 7) is 4.78. The monoisotopic (exact) mass is 264 g/mol. The largest absolute Gasteiger partial charge is 0.358 e. The van der Waals surface area contributed by atoms with Gasteiger partial charge in [0.2, 0.25) is 5.91 Å². The molecule has 0 aliphatic carbocycles. The highest BCUT2D eigenvalue weighted by molar-refractivity contribution is 5.86. The zero-order chi connectivity index (χ0) is 14.0. The molecule has 0 aromatic carbocycles. The quantitative estimate of drug-likeness (QED) is 0.542. The first-order valence-electron chi connectivity index (χ1n) is 6.38. The van der Waals surface area contributed by atoms with E-state index >= 15 is 0 Å². The van der Waals surface area contributed by atoms with E-state index in [-0.39, 0.29) is 17.9 Å². The molecule has 7 heteroatoms. The number of amides is 1. The van der Waals surface area contributed by atoms with E-state index in [1.165, 1.54) is 0 Å². The van der Waals surface area contributed by atoms with Crippen molar-refractivity contribution < 1.29 is 4.79 Å². The fraction of sp³-hybridized carbons (Fsp3) is 0.583. The number of carbonyl (C=O) groups is 1. The van der Waals surface area contributed by atoms with Crippen molar-refractivity contribution in [3.8, 4) is 0 Å². The average molecular weight is 264 g/mol. The number of anilines is 2. The van der Waals surface area contributed by atoms with Crippen molar-refractivity contribution in [3.05, 3.63) is 11.9 Å². The standard InChI is InChI=1S/C12H20N6O/c1-7(2)11-15-9(6-10(16-11)17-13)14-8-4-5-18(3)12(8)19/h6-8H,4-5,13H2,1-3H3,(H2,14,15,16,17). The van der Waals surface area contributed by atoms with Crippen LogP contribution in [0, 0.1) is 0 Å². The predicted molar refractivity (Wildman–Crippen MR) is 73.6 cm³/mol. The van der Waals surface area contributed by atoms with Crippen molar-refractivity contribution >= 4 is 17.5 Å². The van der Waals surface area contributed by atoms with Crippen LogP contribution in [0.5, 0.6) is 0 Å². The molecule has 2 heterocycles. The van der Waals surface area contributed by atoms with E-state index in [9.17, 15) is 4.79 Å². The van der Waals surface area contributed by atoms with Crippen LogP contribution >= 0.6 is 0 Å². The van der Waals surface area contributed by atoms with Gasteiger partial charge in [-0.2, -0.15) is 0 Å². The number of nitrogens with one attached hydrogen (secondary N) is 2. The predicted octanol–water partition coefficient (Wildman–Crippen LogP) is 0.528. The lowest BCUT2D eigenvalue weighted by atomic mass is 10.2. The van der Waals surface area contributed by atoms with Gasteiger partial charge in [-0.3, -0.25) is 4.79 Å². The van der Waals surface area contributed by atoms with Crippen LogP contribution in [0.2, 0.25) is 0 Å². The van der Waals surface area contributed by atoms with Crippen molar-refractivity contribution in [2.45, 2.75) is 32.2 Å². The van der Waals surface area contributed by atoms with Gasteiger partial charge in [0.15, 0.2) is 0 Å². The van der Waals surface area contributed by atoms with Crippen molar-refractivity contribution in [1.82, 2.24) is 14.9 Å². The number of nitrogens with two attached hydrogens (primary N) is 1. The van der Waals surface area contributed by atoms with Gasteiger partial charge in [-0.1, -0.05) is 13.8 Å². The summed E-state index contributed by atoms with van der Waals surface area (Å²) < 4.78 is 0. The molecular weight excluding hydrogens is 244 g/mol. The summed E-state index contributed by atoms with van der Waals surface area (Å²) in [6, 6.07) is 1.49. The molecule has 104 valence electrons. The maximum absolute atomic E-state index is 11.9. The molecule has 1 aromatic rings. The molecule has 1 fully saturated rings. The van der Waals surface area contributed by atoms with E-state index in [1.807, 2.05) is 13.8 Å². The second kappa shape index (κ2) is 5.40. The van der Waals surface area contributed by atoms with Crippen LogP contribution in [0.1, 0.15) is 32.0 Å². The SMILES string of the molecule is CC(C)c1nc(NN)cc(NC2CCN(C)C2=O)n1. The normalized spacial score (nSPS) is 19.1. The molecule has 0 spiro atoms. The molecule has 0 bridgehead atoms. The number of hydrogen-bond acceptors (Lipinski definition) is 6. The maximum Gasteiger partial charge on any atom is 0.244 e. The summed E-state index contributed by atoms with van der Waals surface area (Å²) in [5, 5.41) is 3.15. The molecule has 7 nitrogen and oxygen atoms in total. The average Bonchev–Trinajstić information content (AvgIpc) is 2.70. The molecular formula is C12H20N6O. The minimum atomic E-state index is -0.217. The number of nitrogen functional groups attached to an aromatic ring is 1. The van der Waals surface area contributed by atoms with E-state index in [2.05, 4.69) is 20.7 Å². The number of likely N-dealkylation sites (tertiary alicyclic amines) is 1. The van der Waals surface area contributed by atoms with E-state index < -0.39 is 0 Å². The molecule has 0 radical (unpaired) electrons. The van der Waals surface area contributed by atoms with Gasteiger partial charge in [0.1, 0.15) is 23.5 Å². The Labute approximate surface area is 112 Å². The second-order valence-electron chi connectivity index (χ2n) is 5.04. The van der Waals surface area contributed by atoms with E-state index in [4.69, 9.17) is 5.84 Å². The van der Waals surface area contributed by atoms with Gasteiger partial charge in [-0.05, 0) is 6.42 Å². The Bertz CT molecular complexity index is 475. The molecule has 1 aliphatic rings. The highest BCUT2D eigenvalue weighted by Gasteiger charge is 2.29. The lowest BCUT2D eigenvalue weighted by Gasteiger charge is -2.15. The molecule has 1 aliphatic heterocycles. The Kier molecular flexibility index (Phi) is 3.84. The van der Waals surface area contributed by atoms with Crippen LogP contribution in [0.4, 0.5) is 11.6 Å². The maximum atomic E-state index is 11.9. The highest BCUT2D eigenvalue weighted by Crippen LogP contribution is 2.19. The Morgan fingerprint density at radius 3 is 2.63 bits per heavy atom. The molecule has 1 unspecified atom stereocenters. The highest BCUT2D eigenvalue weighted by atomic mass is 16.2. The molecule has 1 amide bonds. The third kappa shape index (κ3) is 2.93. The van der Waals surface area contributed by atoms with Crippen molar-refractivity contribution in [2.75, 3.05) is 24.3 Å². The summed E-state index contributed by atoms with van der Waals surface area (Å²) in [4.78, 5) is 22.3. The van der Waals surface area contributed by atoms with Crippen molar-refractivity contribution in [1.29, 1.82) is 0 Å². The molecule has 19 heavy (non-hydrogen) atoms.